The zero-order valence-corrected chi connectivity index (χ0v) is 15.8. The van der Waals surface area contributed by atoms with Gasteiger partial charge in [0.05, 0.1) is 7.11 Å². The summed E-state index contributed by atoms with van der Waals surface area (Å²) in [5, 5.41) is 1.32. The van der Waals surface area contributed by atoms with E-state index in [1.165, 1.54) is 36.5 Å². The molecule has 1 aromatic heterocycles. The van der Waals surface area contributed by atoms with E-state index in [0.717, 1.165) is 5.75 Å². The second-order valence-corrected chi connectivity index (χ2v) is 7.69. The molecule has 1 nitrogen and oxygen atoms in total. The minimum absolute atomic E-state index is 0.885. The molecule has 25 heavy (non-hydrogen) atoms. The number of methoxy groups -OCH3 is 1. The van der Waals surface area contributed by atoms with Crippen molar-refractivity contribution < 1.29 is 4.74 Å². The third kappa shape index (κ3) is 3.06. The fraction of sp³-hybridized carbons (Fsp3) is 0.0909. The zero-order chi connectivity index (χ0) is 17.2. The van der Waals surface area contributed by atoms with Crippen molar-refractivity contribution in [3.8, 4) is 27.3 Å². The summed E-state index contributed by atoms with van der Waals surface area (Å²) >= 11 is 3.62. The highest BCUT2D eigenvalue weighted by molar-refractivity contribution is 7.98. The minimum atomic E-state index is 0.885. The Bertz CT molecular complexity index is 999. The standard InChI is InChI=1S/C22H18OS2/c1-23-17-11-7-16(8-12-17)22-21(15-9-13-18(24-2)14-10-15)19-5-3-4-6-20(19)25-22/h3-14H,1-2H3. The van der Waals surface area contributed by atoms with Gasteiger partial charge in [0.25, 0.3) is 0 Å². The quantitative estimate of drug-likeness (QED) is 0.363. The number of thioether (sulfide) groups is 1. The largest absolute Gasteiger partial charge is 0.497 e. The summed E-state index contributed by atoms with van der Waals surface area (Å²) in [7, 11) is 1.70. The topological polar surface area (TPSA) is 9.23 Å². The van der Waals surface area contributed by atoms with Gasteiger partial charge in [-0.25, -0.2) is 0 Å². The van der Waals surface area contributed by atoms with Gasteiger partial charge >= 0.3 is 0 Å². The van der Waals surface area contributed by atoms with Crippen molar-refractivity contribution >= 4 is 33.2 Å². The summed E-state index contributed by atoms with van der Waals surface area (Å²) in [5.41, 5.74) is 3.81. The molecule has 124 valence electrons. The molecule has 0 aliphatic rings. The van der Waals surface area contributed by atoms with E-state index in [9.17, 15) is 0 Å². The van der Waals surface area contributed by atoms with Crippen LogP contribution in [0, 0.1) is 0 Å². The molecule has 0 aliphatic heterocycles. The van der Waals surface area contributed by atoms with Crippen LogP contribution in [0.1, 0.15) is 0 Å². The lowest BCUT2D eigenvalue weighted by Gasteiger charge is -2.07. The van der Waals surface area contributed by atoms with Crippen molar-refractivity contribution in [2.24, 2.45) is 0 Å². The van der Waals surface area contributed by atoms with Gasteiger partial charge in [-0.15, -0.1) is 23.1 Å². The molecule has 4 aromatic rings. The van der Waals surface area contributed by atoms with Gasteiger partial charge < -0.3 is 4.74 Å². The first-order valence-corrected chi connectivity index (χ1v) is 10.1. The fourth-order valence-electron chi connectivity index (χ4n) is 3.04. The number of ether oxygens (including phenoxy) is 1. The van der Waals surface area contributed by atoms with Gasteiger partial charge in [0.2, 0.25) is 0 Å². The molecule has 3 heteroatoms. The average Bonchev–Trinajstić information content (AvgIpc) is 3.07. The number of fused-ring (bicyclic) bond motifs is 1. The maximum atomic E-state index is 5.31. The lowest BCUT2D eigenvalue weighted by Crippen LogP contribution is -1.83. The maximum Gasteiger partial charge on any atom is 0.118 e. The summed E-state index contributed by atoms with van der Waals surface area (Å²) in [6.45, 7) is 0. The number of thiophene rings is 1. The van der Waals surface area contributed by atoms with E-state index in [4.69, 9.17) is 4.74 Å². The van der Waals surface area contributed by atoms with Crippen LogP contribution in [0.2, 0.25) is 0 Å². The van der Waals surface area contributed by atoms with Crippen molar-refractivity contribution in [1.29, 1.82) is 0 Å². The number of benzene rings is 3. The van der Waals surface area contributed by atoms with Crippen molar-refractivity contribution in [3.63, 3.8) is 0 Å². The first kappa shape index (κ1) is 16.2. The van der Waals surface area contributed by atoms with Gasteiger partial charge in [-0.2, -0.15) is 0 Å². The second-order valence-electron chi connectivity index (χ2n) is 5.76. The van der Waals surface area contributed by atoms with Crippen molar-refractivity contribution in [2.45, 2.75) is 4.90 Å². The Morgan fingerprint density at radius 2 is 1.48 bits per heavy atom. The van der Waals surface area contributed by atoms with E-state index in [2.05, 4.69) is 66.9 Å². The Morgan fingerprint density at radius 1 is 0.800 bits per heavy atom. The predicted octanol–water partition coefficient (Wildman–Crippen LogP) is 6.97. The molecule has 0 saturated carbocycles. The molecular weight excluding hydrogens is 344 g/mol. The average molecular weight is 363 g/mol. The van der Waals surface area contributed by atoms with Crippen LogP contribution in [-0.4, -0.2) is 13.4 Å². The van der Waals surface area contributed by atoms with Crippen LogP contribution < -0.4 is 4.74 Å². The van der Waals surface area contributed by atoms with Gasteiger partial charge in [-0.1, -0.05) is 30.3 Å². The molecule has 0 fully saturated rings. The van der Waals surface area contributed by atoms with Crippen molar-refractivity contribution in [1.82, 2.24) is 0 Å². The zero-order valence-electron chi connectivity index (χ0n) is 14.2. The summed E-state index contributed by atoms with van der Waals surface area (Å²) in [6.07, 6.45) is 2.11. The van der Waals surface area contributed by atoms with Gasteiger partial charge in [0, 0.05) is 25.4 Å². The third-order valence-corrected chi connectivity index (χ3v) is 6.29. The maximum absolute atomic E-state index is 5.31. The lowest BCUT2D eigenvalue weighted by atomic mass is 9.99. The van der Waals surface area contributed by atoms with E-state index in [0.29, 0.717) is 0 Å². The van der Waals surface area contributed by atoms with Crippen LogP contribution >= 0.6 is 23.1 Å². The monoisotopic (exact) mass is 362 g/mol. The highest BCUT2D eigenvalue weighted by atomic mass is 32.2. The Hall–Kier alpha value is -2.23. The summed E-state index contributed by atoms with van der Waals surface area (Å²) in [5.74, 6) is 0.885. The first-order valence-electron chi connectivity index (χ1n) is 8.10. The molecule has 0 bridgehead atoms. The smallest absolute Gasteiger partial charge is 0.118 e. The molecule has 4 rings (SSSR count). The van der Waals surface area contributed by atoms with Crippen molar-refractivity contribution in [3.05, 3.63) is 72.8 Å². The van der Waals surface area contributed by atoms with Crippen LogP contribution in [0.5, 0.6) is 5.75 Å². The molecule has 0 atom stereocenters. The van der Waals surface area contributed by atoms with Crippen LogP contribution in [0.25, 0.3) is 31.7 Å². The Balaban J connectivity index is 1.93. The molecular formula is C22H18OS2. The Kier molecular flexibility index (Phi) is 4.51. The highest BCUT2D eigenvalue weighted by Gasteiger charge is 2.15. The normalized spacial score (nSPS) is 11.0. The summed E-state index contributed by atoms with van der Waals surface area (Å²) < 4.78 is 6.62. The van der Waals surface area contributed by atoms with E-state index in [-0.39, 0.29) is 0 Å². The van der Waals surface area contributed by atoms with Crippen LogP contribution in [-0.2, 0) is 0 Å². The lowest BCUT2D eigenvalue weighted by molar-refractivity contribution is 0.415. The summed E-state index contributed by atoms with van der Waals surface area (Å²) in [4.78, 5) is 2.59. The van der Waals surface area contributed by atoms with Gasteiger partial charge in [0.1, 0.15) is 5.75 Å². The van der Waals surface area contributed by atoms with Crippen LogP contribution in [0.15, 0.2) is 77.7 Å². The minimum Gasteiger partial charge on any atom is -0.497 e. The first-order chi connectivity index (χ1) is 12.3. The van der Waals surface area contributed by atoms with Crippen LogP contribution in [0.4, 0.5) is 0 Å². The van der Waals surface area contributed by atoms with E-state index >= 15 is 0 Å². The molecule has 0 aliphatic carbocycles. The van der Waals surface area contributed by atoms with E-state index in [1.807, 2.05) is 23.5 Å². The van der Waals surface area contributed by atoms with Crippen molar-refractivity contribution in [2.75, 3.05) is 13.4 Å². The molecule has 0 spiro atoms. The SMILES string of the molecule is COc1ccc(-c2sc3ccccc3c2-c2ccc(SC)cc2)cc1. The third-order valence-electron chi connectivity index (χ3n) is 4.33. The molecule has 3 aromatic carbocycles. The fourth-order valence-corrected chi connectivity index (χ4v) is 4.67. The Morgan fingerprint density at radius 3 is 2.16 bits per heavy atom. The molecule has 0 radical (unpaired) electrons. The van der Waals surface area contributed by atoms with Gasteiger partial charge in [0.15, 0.2) is 0 Å². The second kappa shape index (κ2) is 6.95. The molecule has 0 unspecified atom stereocenters. The predicted molar refractivity (Wildman–Crippen MR) is 111 cm³/mol. The molecule has 0 N–H and O–H groups in total. The Labute approximate surface area is 156 Å². The highest BCUT2D eigenvalue weighted by Crippen LogP contribution is 2.45. The van der Waals surface area contributed by atoms with Gasteiger partial charge in [-0.3, -0.25) is 0 Å². The molecule has 1 heterocycles. The van der Waals surface area contributed by atoms with Gasteiger partial charge in [-0.05, 0) is 59.8 Å². The van der Waals surface area contributed by atoms with Crippen LogP contribution in [0.3, 0.4) is 0 Å². The number of hydrogen-bond acceptors (Lipinski definition) is 3. The summed E-state index contributed by atoms with van der Waals surface area (Å²) in [6, 6.07) is 25.8. The van der Waals surface area contributed by atoms with E-state index in [1.54, 1.807) is 18.9 Å². The molecule has 0 amide bonds. The number of rotatable bonds is 4. The van der Waals surface area contributed by atoms with E-state index < -0.39 is 0 Å². The number of hydrogen-bond donors (Lipinski definition) is 0. The molecule has 0 saturated heterocycles.